The molecule has 0 spiro atoms. The highest BCUT2D eigenvalue weighted by Crippen LogP contribution is 2.27. The van der Waals surface area contributed by atoms with Gasteiger partial charge >= 0.3 is 0 Å². The van der Waals surface area contributed by atoms with Crippen LogP contribution in [0.15, 0.2) is 46.9 Å². The molecule has 0 saturated carbocycles. The number of nitrogens with two attached hydrogens (primary N) is 1. The predicted octanol–water partition coefficient (Wildman–Crippen LogP) is 3.69. The van der Waals surface area contributed by atoms with Gasteiger partial charge < -0.3 is 10.2 Å². The van der Waals surface area contributed by atoms with Crippen molar-refractivity contribution in [2.75, 3.05) is 6.54 Å². The first-order valence-corrected chi connectivity index (χ1v) is 6.93. The van der Waals surface area contributed by atoms with E-state index < -0.39 is 0 Å². The molecule has 3 rings (SSSR count). The van der Waals surface area contributed by atoms with Crippen molar-refractivity contribution in [1.29, 1.82) is 0 Å². The summed E-state index contributed by atoms with van der Waals surface area (Å²) in [7, 11) is 0. The van der Waals surface area contributed by atoms with E-state index in [1.165, 1.54) is 11.1 Å². The Bertz CT molecular complexity index is 731. The maximum absolute atomic E-state index is 5.86. The molecular weight excluding hydrogens is 248 g/mol. The number of benzene rings is 2. The van der Waals surface area contributed by atoms with E-state index >= 15 is 0 Å². The Morgan fingerprint density at radius 3 is 2.80 bits per heavy atom. The van der Waals surface area contributed by atoms with E-state index in [9.17, 15) is 0 Å². The topological polar surface area (TPSA) is 52.0 Å². The molecule has 3 nitrogen and oxygen atoms in total. The summed E-state index contributed by atoms with van der Waals surface area (Å²) >= 11 is 0. The zero-order valence-electron chi connectivity index (χ0n) is 11.6. The van der Waals surface area contributed by atoms with Gasteiger partial charge in [-0.1, -0.05) is 24.3 Å². The molecule has 1 heterocycles. The van der Waals surface area contributed by atoms with Crippen LogP contribution in [-0.4, -0.2) is 11.5 Å². The fourth-order valence-electron chi connectivity index (χ4n) is 2.36. The average molecular weight is 266 g/mol. The van der Waals surface area contributed by atoms with Crippen LogP contribution in [0.4, 0.5) is 0 Å². The van der Waals surface area contributed by atoms with Crippen molar-refractivity contribution < 1.29 is 4.42 Å². The number of oxazole rings is 1. The van der Waals surface area contributed by atoms with Gasteiger partial charge in [-0.3, -0.25) is 0 Å². The first-order chi connectivity index (χ1) is 9.78. The van der Waals surface area contributed by atoms with Gasteiger partial charge in [0.25, 0.3) is 0 Å². The second-order valence-electron chi connectivity index (χ2n) is 5.03. The van der Waals surface area contributed by atoms with Crippen LogP contribution in [0.1, 0.15) is 17.5 Å². The van der Waals surface area contributed by atoms with E-state index in [0.717, 1.165) is 29.5 Å². The summed E-state index contributed by atoms with van der Waals surface area (Å²) in [5.41, 5.74) is 10.8. The summed E-state index contributed by atoms with van der Waals surface area (Å²) in [5, 5.41) is 0. The van der Waals surface area contributed by atoms with E-state index in [4.69, 9.17) is 10.2 Å². The van der Waals surface area contributed by atoms with Gasteiger partial charge in [-0.05, 0) is 55.6 Å². The van der Waals surface area contributed by atoms with Crippen LogP contribution in [0.25, 0.3) is 22.6 Å². The third kappa shape index (κ3) is 2.45. The van der Waals surface area contributed by atoms with Crippen molar-refractivity contribution in [3.05, 3.63) is 53.6 Å². The smallest absolute Gasteiger partial charge is 0.227 e. The molecular formula is C17H18N2O. The average Bonchev–Trinajstić information content (AvgIpc) is 2.88. The molecule has 2 N–H and O–H groups in total. The van der Waals surface area contributed by atoms with Crippen molar-refractivity contribution in [3.63, 3.8) is 0 Å². The van der Waals surface area contributed by atoms with Gasteiger partial charge in [0.15, 0.2) is 5.58 Å². The fourth-order valence-corrected chi connectivity index (χ4v) is 2.36. The van der Waals surface area contributed by atoms with Crippen LogP contribution < -0.4 is 5.73 Å². The summed E-state index contributed by atoms with van der Waals surface area (Å²) in [6.07, 6.45) is 1.98. The van der Waals surface area contributed by atoms with Gasteiger partial charge in [0.2, 0.25) is 5.89 Å². The number of hydrogen-bond acceptors (Lipinski definition) is 3. The molecule has 0 fully saturated rings. The molecule has 20 heavy (non-hydrogen) atoms. The van der Waals surface area contributed by atoms with Gasteiger partial charge in [0.1, 0.15) is 5.52 Å². The molecule has 0 unspecified atom stereocenters. The van der Waals surface area contributed by atoms with Gasteiger partial charge in [0, 0.05) is 5.56 Å². The quantitative estimate of drug-likeness (QED) is 0.783. The Morgan fingerprint density at radius 2 is 2.00 bits per heavy atom. The molecule has 3 heteroatoms. The van der Waals surface area contributed by atoms with Gasteiger partial charge in [-0.2, -0.15) is 0 Å². The standard InChI is InChI=1S/C17H18N2O/c1-12-5-2-3-7-14(12)17-19-15-11-13(6-4-10-18)8-9-16(15)20-17/h2-3,5,7-9,11H,4,6,10,18H2,1H3. The zero-order chi connectivity index (χ0) is 13.9. The lowest BCUT2D eigenvalue weighted by molar-refractivity contribution is 0.619. The summed E-state index contributed by atoms with van der Waals surface area (Å²) in [5.74, 6) is 0.689. The van der Waals surface area contributed by atoms with Gasteiger partial charge in [0.05, 0.1) is 0 Å². The highest BCUT2D eigenvalue weighted by Gasteiger charge is 2.10. The lowest BCUT2D eigenvalue weighted by Gasteiger charge is -1.98. The first kappa shape index (κ1) is 12.9. The van der Waals surface area contributed by atoms with Crippen molar-refractivity contribution in [3.8, 4) is 11.5 Å². The second-order valence-corrected chi connectivity index (χ2v) is 5.03. The molecule has 0 radical (unpaired) electrons. The third-order valence-electron chi connectivity index (χ3n) is 3.50. The Kier molecular flexibility index (Phi) is 3.52. The van der Waals surface area contributed by atoms with Crippen LogP contribution in [-0.2, 0) is 6.42 Å². The van der Waals surface area contributed by atoms with E-state index in [1.54, 1.807) is 0 Å². The lowest BCUT2D eigenvalue weighted by Crippen LogP contribution is -2.00. The number of hydrogen-bond donors (Lipinski definition) is 1. The van der Waals surface area contributed by atoms with Gasteiger partial charge in [-0.25, -0.2) is 4.98 Å². The van der Waals surface area contributed by atoms with Crippen molar-refractivity contribution in [1.82, 2.24) is 4.98 Å². The molecule has 0 saturated heterocycles. The molecule has 0 atom stereocenters. The van der Waals surface area contributed by atoms with Crippen LogP contribution in [0.5, 0.6) is 0 Å². The van der Waals surface area contributed by atoms with Crippen LogP contribution >= 0.6 is 0 Å². The number of aryl methyl sites for hydroxylation is 2. The zero-order valence-corrected chi connectivity index (χ0v) is 11.6. The Balaban J connectivity index is 2.00. The molecule has 0 aliphatic heterocycles. The monoisotopic (exact) mass is 266 g/mol. The minimum Gasteiger partial charge on any atom is -0.436 e. The highest BCUT2D eigenvalue weighted by atomic mass is 16.3. The Morgan fingerprint density at radius 1 is 1.15 bits per heavy atom. The minimum atomic E-state index is 0.689. The molecule has 0 aliphatic rings. The molecule has 0 bridgehead atoms. The molecule has 3 aromatic rings. The molecule has 0 amide bonds. The number of rotatable bonds is 4. The van der Waals surface area contributed by atoms with Gasteiger partial charge in [-0.15, -0.1) is 0 Å². The van der Waals surface area contributed by atoms with E-state index in [0.29, 0.717) is 12.4 Å². The SMILES string of the molecule is Cc1ccccc1-c1nc2cc(CCCN)ccc2o1. The van der Waals surface area contributed by atoms with Crippen molar-refractivity contribution in [2.45, 2.75) is 19.8 Å². The number of fused-ring (bicyclic) bond motifs is 1. The molecule has 1 aromatic heterocycles. The minimum absolute atomic E-state index is 0.689. The normalized spacial score (nSPS) is 11.1. The molecule has 2 aromatic carbocycles. The van der Waals surface area contributed by atoms with Crippen LogP contribution in [0.3, 0.4) is 0 Å². The lowest BCUT2D eigenvalue weighted by atomic mass is 10.1. The summed E-state index contributed by atoms with van der Waals surface area (Å²) < 4.78 is 5.86. The van der Waals surface area contributed by atoms with Crippen LogP contribution in [0.2, 0.25) is 0 Å². The van der Waals surface area contributed by atoms with E-state index in [2.05, 4.69) is 30.1 Å². The highest BCUT2D eigenvalue weighted by molar-refractivity contribution is 5.77. The molecule has 102 valence electrons. The summed E-state index contributed by atoms with van der Waals surface area (Å²) in [4.78, 5) is 4.61. The summed E-state index contributed by atoms with van der Waals surface area (Å²) in [6, 6.07) is 14.3. The van der Waals surface area contributed by atoms with E-state index in [-0.39, 0.29) is 0 Å². The third-order valence-corrected chi connectivity index (χ3v) is 3.50. The fraction of sp³-hybridized carbons (Fsp3) is 0.235. The van der Waals surface area contributed by atoms with E-state index in [1.807, 2.05) is 24.3 Å². The predicted molar refractivity (Wildman–Crippen MR) is 81.6 cm³/mol. The molecule has 0 aliphatic carbocycles. The Labute approximate surface area is 118 Å². The summed E-state index contributed by atoms with van der Waals surface area (Å²) in [6.45, 7) is 2.78. The number of aromatic nitrogens is 1. The first-order valence-electron chi connectivity index (χ1n) is 6.93. The maximum Gasteiger partial charge on any atom is 0.227 e. The van der Waals surface area contributed by atoms with Crippen molar-refractivity contribution in [2.24, 2.45) is 5.73 Å². The number of nitrogens with zero attached hydrogens (tertiary/aromatic N) is 1. The van der Waals surface area contributed by atoms with Crippen LogP contribution in [0, 0.1) is 6.92 Å². The maximum atomic E-state index is 5.86. The van der Waals surface area contributed by atoms with Crippen molar-refractivity contribution >= 4 is 11.1 Å². The Hall–Kier alpha value is -2.13. The largest absolute Gasteiger partial charge is 0.436 e. The second kappa shape index (κ2) is 5.47.